The summed E-state index contributed by atoms with van der Waals surface area (Å²) in [5, 5.41) is 1.55. The monoisotopic (exact) mass is 407 g/mol. The highest BCUT2D eigenvalue weighted by Gasteiger charge is 2.42. The Morgan fingerprint density at radius 1 is 0.893 bits per heavy atom. The van der Waals surface area contributed by atoms with Crippen LogP contribution in [0.4, 0.5) is 36.4 Å². The molecule has 2 aromatic rings. The molecule has 0 aliphatic heterocycles. The van der Waals surface area contributed by atoms with Gasteiger partial charge in [-0.3, -0.25) is 9.59 Å². The molecule has 2 rings (SSSR count). The van der Waals surface area contributed by atoms with Crippen molar-refractivity contribution in [2.75, 3.05) is 5.32 Å². The molecule has 1 amide bonds. The third-order valence-corrected chi connectivity index (χ3v) is 3.81. The second kappa shape index (κ2) is 7.99. The van der Waals surface area contributed by atoms with Gasteiger partial charge in [0, 0.05) is 12.0 Å². The Hall–Kier alpha value is -2.91. The Kier molecular flexibility index (Phi) is 6.10. The van der Waals surface area contributed by atoms with Gasteiger partial charge in [0.2, 0.25) is 5.91 Å². The zero-order valence-electron chi connectivity index (χ0n) is 14.2. The summed E-state index contributed by atoms with van der Waals surface area (Å²) < 4.78 is 92.1. The number of Topliss-reactive ketones (excluding diaryl/α,β-unsaturated/α-hetero) is 1. The normalized spacial score (nSPS) is 11.4. The summed E-state index contributed by atoms with van der Waals surface area (Å²) in [4.78, 5) is 23.0. The fourth-order valence-corrected chi connectivity index (χ4v) is 2.36. The summed E-state index contributed by atoms with van der Waals surface area (Å²) in [6.07, 6.45) is -6.01. The largest absolute Gasteiger partial charge is 0.422 e. The molecule has 0 saturated heterocycles. The van der Waals surface area contributed by atoms with E-state index in [4.69, 9.17) is 0 Å². The number of carbonyl (C=O) groups is 2. The molecule has 1 N–H and O–H groups in total. The van der Waals surface area contributed by atoms with Crippen LogP contribution in [0.25, 0.3) is 0 Å². The second-order valence-corrected chi connectivity index (χ2v) is 5.80. The molecule has 0 bridgehead atoms. The molecule has 0 unspecified atom stereocenters. The van der Waals surface area contributed by atoms with Crippen LogP contribution in [0.1, 0.15) is 34.8 Å². The summed E-state index contributed by atoms with van der Waals surface area (Å²) in [7, 11) is 0. The van der Waals surface area contributed by atoms with Gasteiger partial charge in [-0.15, -0.1) is 0 Å². The van der Waals surface area contributed by atoms with Crippen molar-refractivity contribution in [3.05, 3.63) is 64.2 Å². The quantitative estimate of drug-likeness (QED) is 0.429. The van der Waals surface area contributed by atoms with Gasteiger partial charge < -0.3 is 5.32 Å². The number of aryl methyl sites for hydroxylation is 1. The maximum atomic E-state index is 13.7. The van der Waals surface area contributed by atoms with Gasteiger partial charge in [-0.1, -0.05) is 24.3 Å². The van der Waals surface area contributed by atoms with Crippen LogP contribution in [0.2, 0.25) is 0 Å². The molecule has 0 aliphatic rings. The van der Waals surface area contributed by atoms with E-state index in [-0.39, 0.29) is 18.6 Å². The van der Waals surface area contributed by atoms with Crippen molar-refractivity contribution in [3.8, 4) is 0 Å². The molecular weight excluding hydrogens is 395 g/mol. The summed E-state index contributed by atoms with van der Waals surface area (Å²) in [5.74, 6) is -11.3. The van der Waals surface area contributed by atoms with Crippen molar-refractivity contribution in [2.24, 2.45) is 0 Å². The van der Waals surface area contributed by atoms with E-state index in [1.54, 1.807) is 5.32 Å². The van der Waals surface area contributed by atoms with Gasteiger partial charge in [-0.2, -0.15) is 13.2 Å². The second-order valence-electron chi connectivity index (χ2n) is 5.80. The van der Waals surface area contributed by atoms with Crippen molar-refractivity contribution in [1.29, 1.82) is 0 Å². The number of hydrogen-bond donors (Lipinski definition) is 1. The predicted molar refractivity (Wildman–Crippen MR) is 84.7 cm³/mol. The Morgan fingerprint density at radius 2 is 1.39 bits per heavy atom. The Balaban J connectivity index is 2.17. The first-order chi connectivity index (χ1) is 12.9. The number of carbonyl (C=O) groups excluding carboxylic acids is 2. The first kappa shape index (κ1) is 21.4. The zero-order valence-corrected chi connectivity index (χ0v) is 14.2. The van der Waals surface area contributed by atoms with Crippen LogP contribution in [-0.4, -0.2) is 11.7 Å². The number of rotatable bonds is 5. The molecule has 0 radical (unpaired) electrons. The Bertz CT molecular complexity index is 892. The van der Waals surface area contributed by atoms with E-state index in [0.717, 1.165) is 0 Å². The van der Waals surface area contributed by atoms with E-state index in [0.29, 0.717) is 11.1 Å². The van der Waals surface area contributed by atoms with Gasteiger partial charge >= 0.3 is 6.18 Å². The molecule has 3 nitrogen and oxygen atoms in total. The van der Waals surface area contributed by atoms with E-state index < -0.39 is 46.6 Å². The molecule has 0 atom stereocenters. The predicted octanol–water partition coefficient (Wildman–Crippen LogP) is 5.04. The molecule has 2 aromatic carbocycles. The van der Waals surface area contributed by atoms with Crippen LogP contribution in [0.15, 0.2) is 24.3 Å². The van der Waals surface area contributed by atoms with E-state index in [2.05, 4.69) is 0 Å². The standard InChI is InChI=1S/C18H12F7NO2/c1-8(27)10-5-2-9(3-6-10)4-7-11(28)26-17-15(21)13(19)12(18(23,24)25)14(20)16(17)22/h2-3,5-6H,4,7H2,1H3,(H,26,28). The molecule has 0 aliphatic carbocycles. The van der Waals surface area contributed by atoms with Gasteiger partial charge in [0.15, 0.2) is 29.1 Å². The van der Waals surface area contributed by atoms with Gasteiger partial charge in [0.25, 0.3) is 0 Å². The van der Waals surface area contributed by atoms with Crippen LogP contribution < -0.4 is 5.32 Å². The highest BCUT2D eigenvalue weighted by Crippen LogP contribution is 2.38. The lowest BCUT2D eigenvalue weighted by molar-refractivity contribution is -0.143. The lowest BCUT2D eigenvalue weighted by Gasteiger charge is -2.14. The molecule has 10 heteroatoms. The van der Waals surface area contributed by atoms with Crippen LogP contribution in [0.3, 0.4) is 0 Å². The molecule has 150 valence electrons. The molecule has 0 aromatic heterocycles. The van der Waals surface area contributed by atoms with Crippen molar-refractivity contribution >= 4 is 17.4 Å². The third kappa shape index (κ3) is 4.49. The minimum absolute atomic E-state index is 0.0405. The summed E-state index contributed by atoms with van der Waals surface area (Å²) in [6.45, 7) is 1.36. The van der Waals surface area contributed by atoms with Crippen LogP contribution >= 0.6 is 0 Å². The highest BCUT2D eigenvalue weighted by atomic mass is 19.4. The van der Waals surface area contributed by atoms with Crippen LogP contribution in [0.5, 0.6) is 0 Å². The number of hydrogen-bond acceptors (Lipinski definition) is 2. The topological polar surface area (TPSA) is 46.2 Å². The number of halogens is 7. The van der Waals surface area contributed by atoms with E-state index >= 15 is 0 Å². The van der Waals surface area contributed by atoms with Gasteiger partial charge in [0.1, 0.15) is 11.3 Å². The minimum atomic E-state index is -5.66. The molecule has 0 heterocycles. The number of amides is 1. The van der Waals surface area contributed by atoms with Gasteiger partial charge in [0.05, 0.1) is 0 Å². The van der Waals surface area contributed by atoms with Crippen molar-refractivity contribution in [3.63, 3.8) is 0 Å². The Labute approximate surface area is 154 Å². The zero-order chi connectivity index (χ0) is 21.2. The summed E-state index contributed by atoms with van der Waals surface area (Å²) >= 11 is 0. The number of benzene rings is 2. The molecule has 28 heavy (non-hydrogen) atoms. The van der Waals surface area contributed by atoms with Gasteiger partial charge in [-0.05, 0) is 18.9 Å². The number of alkyl halides is 3. The SMILES string of the molecule is CC(=O)c1ccc(CCC(=O)Nc2c(F)c(F)c(C(F)(F)F)c(F)c2F)cc1. The van der Waals surface area contributed by atoms with Crippen molar-refractivity contribution in [2.45, 2.75) is 25.9 Å². The summed E-state index contributed by atoms with van der Waals surface area (Å²) in [6, 6.07) is 6.05. The van der Waals surface area contributed by atoms with Crippen LogP contribution in [-0.2, 0) is 17.4 Å². The smallest absolute Gasteiger partial charge is 0.321 e. The maximum absolute atomic E-state index is 13.7. The van der Waals surface area contributed by atoms with E-state index in [1.165, 1.54) is 31.2 Å². The first-order valence-corrected chi connectivity index (χ1v) is 7.76. The summed E-state index contributed by atoms with van der Waals surface area (Å²) in [5.41, 5.74) is -3.36. The molecule has 0 spiro atoms. The van der Waals surface area contributed by atoms with Crippen molar-refractivity contribution in [1.82, 2.24) is 0 Å². The van der Waals surface area contributed by atoms with Crippen LogP contribution in [0, 0.1) is 23.3 Å². The fourth-order valence-electron chi connectivity index (χ4n) is 2.36. The lowest BCUT2D eigenvalue weighted by atomic mass is 10.1. The van der Waals surface area contributed by atoms with Crippen molar-refractivity contribution < 1.29 is 40.3 Å². The molecule has 0 saturated carbocycles. The van der Waals surface area contributed by atoms with E-state index in [1.807, 2.05) is 0 Å². The number of ketones is 1. The molecular formula is C18H12F7NO2. The number of anilines is 1. The lowest BCUT2D eigenvalue weighted by Crippen LogP contribution is -2.20. The minimum Gasteiger partial charge on any atom is -0.321 e. The van der Waals surface area contributed by atoms with E-state index in [9.17, 15) is 40.3 Å². The maximum Gasteiger partial charge on any atom is 0.422 e. The third-order valence-electron chi connectivity index (χ3n) is 3.81. The first-order valence-electron chi connectivity index (χ1n) is 7.76. The average Bonchev–Trinajstić information content (AvgIpc) is 2.61. The highest BCUT2D eigenvalue weighted by molar-refractivity contribution is 5.94. The number of nitrogens with one attached hydrogen (secondary N) is 1. The molecule has 0 fully saturated rings. The average molecular weight is 407 g/mol. The Morgan fingerprint density at radius 3 is 1.82 bits per heavy atom. The van der Waals surface area contributed by atoms with Gasteiger partial charge in [-0.25, -0.2) is 17.6 Å². The fraction of sp³-hybridized carbons (Fsp3) is 0.222.